The Morgan fingerprint density at radius 3 is 2.12 bits per heavy atom. The van der Waals surface area contributed by atoms with Crippen LogP contribution in [0.15, 0.2) is 71.6 Å². The highest BCUT2D eigenvalue weighted by Crippen LogP contribution is 2.34. The van der Waals surface area contributed by atoms with Crippen LogP contribution >= 0.6 is 11.6 Å². The average Bonchev–Trinajstić information content (AvgIpc) is 2.96. The summed E-state index contributed by atoms with van der Waals surface area (Å²) < 4.78 is 34.9. The normalized spacial score (nSPS) is 12.7. The topological polar surface area (TPSA) is 96.0 Å². The summed E-state index contributed by atoms with van der Waals surface area (Å²) in [5.41, 5.74) is 2.68. The predicted octanol–water partition coefficient (Wildman–Crippen LogP) is 5.88. The summed E-state index contributed by atoms with van der Waals surface area (Å²) >= 11 is 6.09. The highest BCUT2D eigenvalue weighted by Gasteiger charge is 2.35. The van der Waals surface area contributed by atoms with E-state index in [1.807, 2.05) is 34.6 Å². The Kier molecular flexibility index (Phi) is 11.4. The molecule has 226 valence electrons. The van der Waals surface area contributed by atoms with Gasteiger partial charge in [0.1, 0.15) is 18.3 Å². The van der Waals surface area contributed by atoms with Crippen molar-refractivity contribution in [2.45, 2.75) is 71.0 Å². The maximum atomic E-state index is 14.2. The lowest BCUT2D eigenvalue weighted by molar-refractivity contribution is -0.140. The number of halogens is 1. The van der Waals surface area contributed by atoms with E-state index in [9.17, 15) is 18.0 Å². The fourth-order valence-corrected chi connectivity index (χ4v) is 6.04. The smallest absolute Gasteiger partial charge is 0.264 e. The van der Waals surface area contributed by atoms with E-state index in [2.05, 4.69) is 5.32 Å². The fourth-order valence-electron chi connectivity index (χ4n) is 4.49. The van der Waals surface area contributed by atoms with Gasteiger partial charge in [0, 0.05) is 17.6 Å². The minimum absolute atomic E-state index is 0.0373. The van der Waals surface area contributed by atoms with Crippen LogP contribution in [0.4, 0.5) is 5.69 Å². The minimum atomic E-state index is -4.22. The first-order valence-corrected chi connectivity index (χ1v) is 15.8. The molecule has 10 heteroatoms. The van der Waals surface area contributed by atoms with Crippen molar-refractivity contribution in [1.29, 1.82) is 0 Å². The van der Waals surface area contributed by atoms with Crippen molar-refractivity contribution in [1.82, 2.24) is 10.2 Å². The van der Waals surface area contributed by atoms with Crippen LogP contribution in [0.25, 0.3) is 0 Å². The quantitative estimate of drug-likeness (QED) is 0.260. The Bertz CT molecular complexity index is 1480. The summed E-state index contributed by atoms with van der Waals surface area (Å²) in [6.45, 7) is 8.93. The van der Waals surface area contributed by atoms with Gasteiger partial charge < -0.3 is 15.0 Å². The molecule has 0 aliphatic rings. The van der Waals surface area contributed by atoms with Crippen LogP contribution in [0.2, 0.25) is 5.02 Å². The fraction of sp³-hybridized carbons (Fsp3) is 0.375. The third kappa shape index (κ3) is 8.04. The SMILES string of the molecule is CC[C@@H](C)NC(=O)[C@H](CC)N(Cc1ccc(Cl)cc1)C(=O)CN(c1cc(C)ccc1OC)S(=O)(=O)c1ccc(C)cc1. The number of nitrogens with zero attached hydrogens (tertiary/aromatic N) is 2. The van der Waals surface area contributed by atoms with E-state index in [0.29, 0.717) is 17.2 Å². The van der Waals surface area contributed by atoms with Crippen LogP contribution in [0.1, 0.15) is 50.3 Å². The lowest BCUT2D eigenvalue weighted by atomic mass is 10.1. The van der Waals surface area contributed by atoms with Gasteiger partial charge in [0.15, 0.2) is 0 Å². The molecule has 0 aliphatic heterocycles. The summed E-state index contributed by atoms with van der Waals surface area (Å²) in [4.78, 5) is 29.1. The number of methoxy groups -OCH3 is 1. The highest BCUT2D eigenvalue weighted by molar-refractivity contribution is 7.92. The van der Waals surface area contributed by atoms with Crippen LogP contribution in [0.5, 0.6) is 5.75 Å². The molecule has 0 aromatic heterocycles. The summed E-state index contributed by atoms with van der Waals surface area (Å²) in [6, 6.07) is 17.7. The Balaban J connectivity index is 2.12. The molecule has 0 bridgehead atoms. The van der Waals surface area contributed by atoms with Gasteiger partial charge in [0.2, 0.25) is 11.8 Å². The number of hydrogen-bond acceptors (Lipinski definition) is 5. The Labute approximate surface area is 254 Å². The van der Waals surface area contributed by atoms with Gasteiger partial charge in [-0.25, -0.2) is 8.42 Å². The maximum Gasteiger partial charge on any atom is 0.264 e. The van der Waals surface area contributed by atoms with Crippen molar-refractivity contribution < 1.29 is 22.7 Å². The first-order chi connectivity index (χ1) is 19.9. The number of rotatable bonds is 13. The van der Waals surface area contributed by atoms with Crippen LogP contribution in [0, 0.1) is 13.8 Å². The second kappa shape index (κ2) is 14.6. The average molecular weight is 614 g/mol. The molecule has 3 aromatic carbocycles. The van der Waals surface area contributed by atoms with Crippen molar-refractivity contribution in [2.24, 2.45) is 0 Å². The molecule has 8 nitrogen and oxygen atoms in total. The monoisotopic (exact) mass is 613 g/mol. The first kappa shape index (κ1) is 32.9. The summed E-state index contributed by atoms with van der Waals surface area (Å²) in [7, 11) is -2.76. The Morgan fingerprint density at radius 1 is 0.929 bits per heavy atom. The number of anilines is 1. The van der Waals surface area contributed by atoms with Gasteiger partial charge in [-0.3, -0.25) is 13.9 Å². The molecule has 42 heavy (non-hydrogen) atoms. The highest BCUT2D eigenvalue weighted by atomic mass is 35.5. The van der Waals surface area contributed by atoms with E-state index in [1.165, 1.54) is 24.1 Å². The standard InChI is InChI=1S/C32H40ClN3O5S/c1-7-24(5)34-32(38)28(8-2)35(20-25-12-14-26(33)15-13-25)31(37)21-36(29-19-23(4)11-18-30(29)41-6)42(39,40)27-16-9-22(3)10-17-27/h9-19,24,28H,7-8,20-21H2,1-6H3,(H,34,38)/t24-,28+/m1/s1. The zero-order valence-electron chi connectivity index (χ0n) is 25.1. The van der Waals surface area contributed by atoms with Gasteiger partial charge in [-0.05, 0) is 81.1 Å². The largest absolute Gasteiger partial charge is 0.495 e. The van der Waals surface area contributed by atoms with Crippen molar-refractivity contribution >= 4 is 39.1 Å². The maximum absolute atomic E-state index is 14.2. The number of nitrogens with one attached hydrogen (secondary N) is 1. The molecule has 3 rings (SSSR count). The molecular formula is C32H40ClN3O5S. The number of carbonyl (C=O) groups is 2. The lowest BCUT2D eigenvalue weighted by Gasteiger charge is -2.34. The van der Waals surface area contributed by atoms with E-state index >= 15 is 0 Å². The van der Waals surface area contributed by atoms with Crippen molar-refractivity contribution in [3.8, 4) is 5.75 Å². The van der Waals surface area contributed by atoms with Crippen LogP contribution in [-0.2, 0) is 26.2 Å². The molecule has 0 heterocycles. The molecule has 0 radical (unpaired) electrons. The summed E-state index contributed by atoms with van der Waals surface area (Å²) in [5, 5.41) is 3.52. The van der Waals surface area contributed by atoms with Crippen LogP contribution < -0.4 is 14.4 Å². The third-order valence-electron chi connectivity index (χ3n) is 7.14. The Morgan fingerprint density at radius 2 is 1.55 bits per heavy atom. The van der Waals surface area contributed by atoms with Gasteiger partial charge in [-0.15, -0.1) is 0 Å². The second-order valence-electron chi connectivity index (χ2n) is 10.4. The van der Waals surface area contributed by atoms with Crippen molar-refractivity contribution in [3.05, 3.63) is 88.4 Å². The molecule has 2 amide bonds. The van der Waals surface area contributed by atoms with Gasteiger partial charge in [-0.2, -0.15) is 0 Å². The van der Waals surface area contributed by atoms with Gasteiger partial charge in [0.25, 0.3) is 10.0 Å². The molecule has 0 spiro atoms. The minimum Gasteiger partial charge on any atom is -0.495 e. The number of carbonyl (C=O) groups excluding carboxylic acids is 2. The molecule has 0 fully saturated rings. The van der Waals surface area contributed by atoms with E-state index in [1.54, 1.807) is 54.6 Å². The molecular weight excluding hydrogens is 574 g/mol. The molecule has 2 atom stereocenters. The number of aryl methyl sites for hydroxylation is 2. The molecule has 3 aromatic rings. The van der Waals surface area contributed by atoms with E-state index in [0.717, 1.165) is 27.4 Å². The molecule has 0 saturated carbocycles. The zero-order valence-corrected chi connectivity index (χ0v) is 26.6. The number of amides is 2. The van der Waals surface area contributed by atoms with Crippen LogP contribution in [-0.4, -0.2) is 50.9 Å². The van der Waals surface area contributed by atoms with Gasteiger partial charge >= 0.3 is 0 Å². The lowest BCUT2D eigenvalue weighted by Crippen LogP contribution is -2.53. The predicted molar refractivity (Wildman–Crippen MR) is 167 cm³/mol. The third-order valence-corrected chi connectivity index (χ3v) is 9.17. The number of hydrogen-bond donors (Lipinski definition) is 1. The molecule has 0 saturated heterocycles. The molecule has 0 aliphatic carbocycles. The van der Waals surface area contributed by atoms with Crippen molar-refractivity contribution in [3.63, 3.8) is 0 Å². The van der Waals surface area contributed by atoms with Gasteiger partial charge in [-0.1, -0.05) is 61.3 Å². The Hall–Kier alpha value is -3.56. The van der Waals surface area contributed by atoms with Crippen molar-refractivity contribution in [2.75, 3.05) is 18.0 Å². The van der Waals surface area contributed by atoms with E-state index < -0.39 is 28.5 Å². The number of benzene rings is 3. The number of ether oxygens (including phenoxy) is 1. The van der Waals surface area contributed by atoms with Crippen LogP contribution in [0.3, 0.4) is 0 Å². The second-order valence-corrected chi connectivity index (χ2v) is 12.7. The summed E-state index contributed by atoms with van der Waals surface area (Å²) in [5.74, 6) is -0.527. The molecule has 0 unspecified atom stereocenters. The summed E-state index contributed by atoms with van der Waals surface area (Å²) in [6.07, 6.45) is 1.06. The number of sulfonamides is 1. The first-order valence-electron chi connectivity index (χ1n) is 14.0. The molecule has 1 N–H and O–H groups in total. The van der Waals surface area contributed by atoms with Gasteiger partial charge in [0.05, 0.1) is 17.7 Å². The zero-order chi connectivity index (χ0) is 31.0. The van der Waals surface area contributed by atoms with E-state index in [-0.39, 0.29) is 29.1 Å². The van der Waals surface area contributed by atoms with E-state index in [4.69, 9.17) is 16.3 Å².